The Bertz CT molecular complexity index is 870. The van der Waals surface area contributed by atoms with E-state index in [-0.39, 0.29) is 24.0 Å². The van der Waals surface area contributed by atoms with Crippen LogP contribution in [0.25, 0.3) is 0 Å². The maximum Gasteiger partial charge on any atom is 0.317 e. The smallest absolute Gasteiger partial charge is 0.317 e. The highest BCUT2D eigenvalue weighted by Gasteiger charge is 2.22. The summed E-state index contributed by atoms with van der Waals surface area (Å²) in [7, 11) is 0. The lowest BCUT2D eigenvalue weighted by Gasteiger charge is -2.29. The first-order valence-corrected chi connectivity index (χ1v) is 9.95. The van der Waals surface area contributed by atoms with E-state index < -0.39 is 5.97 Å². The third-order valence-electron chi connectivity index (χ3n) is 5.24. The van der Waals surface area contributed by atoms with Crippen molar-refractivity contribution in [2.45, 2.75) is 38.3 Å². The molecule has 1 aliphatic rings. The number of aromatic nitrogens is 2. The molecule has 30 heavy (non-hydrogen) atoms. The lowest BCUT2D eigenvalue weighted by atomic mass is 9.86. The summed E-state index contributed by atoms with van der Waals surface area (Å²) in [5, 5.41) is 30.9. The monoisotopic (exact) mass is 414 g/mol. The van der Waals surface area contributed by atoms with Crippen molar-refractivity contribution in [2.24, 2.45) is 11.1 Å². The first-order chi connectivity index (χ1) is 14.5. The molecule has 1 aromatic carbocycles. The molecule has 0 unspecified atom stereocenters. The summed E-state index contributed by atoms with van der Waals surface area (Å²) >= 11 is 0. The molecule has 10 nitrogen and oxygen atoms in total. The second kappa shape index (κ2) is 10.5. The molecular weight excluding hydrogens is 388 g/mol. The Balaban J connectivity index is 1.52. The maximum absolute atomic E-state index is 11.1. The molecule has 160 valence electrons. The number of carbonyl (C=O) groups is 1. The second-order valence-electron chi connectivity index (χ2n) is 7.37. The van der Waals surface area contributed by atoms with Gasteiger partial charge in [-0.05, 0) is 42.8 Å². The molecule has 0 amide bonds. The van der Waals surface area contributed by atoms with Gasteiger partial charge in [0, 0.05) is 24.7 Å². The number of phenolic OH excluding ortho intramolecular Hbond substituents is 1. The minimum absolute atomic E-state index is 0.0145. The fourth-order valence-electron chi connectivity index (χ4n) is 3.54. The number of carboxylic acid groups (broad SMARTS) is 1. The summed E-state index contributed by atoms with van der Waals surface area (Å²) in [5.41, 5.74) is 0.849. The van der Waals surface area contributed by atoms with E-state index in [1.165, 1.54) is 6.20 Å². The number of para-hydroxylation sites is 1. The summed E-state index contributed by atoms with van der Waals surface area (Å²) in [6.45, 7) is 0.969. The van der Waals surface area contributed by atoms with Gasteiger partial charge in [-0.2, -0.15) is 4.98 Å². The third-order valence-corrected chi connectivity index (χ3v) is 5.24. The van der Waals surface area contributed by atoms with Crippen LogP contribution in [0.3, 0.4) is 0 Å². The number of nitrogens with one attached hydrogen (secondary N) is 3. The first kappa shape index (κ1) is 21.4. The van der Waals surface area contributed by atoms with E-state index >= 15 is 0 Å². The van der Waals surface area contributed by atoms with Crippen LogP contribution >= 0.6 is 0 Å². The van der Waals surface area contributed by atoms with Gasteiger partial charge in [-0.3, -0.25) is 4.79 Å². The average Bonchev–Trinajstić information content (AvgIpc) is 2.76. The topological polar surface area (TPSA) is 149 Å². The highest BCUT2D eigenvalue weighted by atomic mass is 16.4. The summed E-state index contributed by atoms with van der Waals surface area (Å²) in [4.78, 5) is 30.2. The van der Waals surface area contributed by atoms with Gasteiger partial charge in [-0.15, -0.1) is 4.91 Å². The van der Waals surface area contributed by atoms with Gasteiger partial charge in [0.05, 0.1) is 12.7 Å². The SMILES string of the molecule is O=Nc1cnc(NCc2ccccc2O)nc1NCC1CCC(NCC(=O)O)CC1. The van der Waals surface area contributed by atoms with Crippen LogP contribution in [0.1, 0.15) is 31.2 Å². The van der Waals surface area contributed by atoms with E-state index in [1.54, 1.807) is 18.2 Å². The Morgan fingerprint density at radius 1 is 1.17 bits per heavy atom. The predicted octanol–water partition coefficient (Wildman–Crippen LogP) is 2.84. The minimum atomic E-state index is -0.844. The predicted molar refractivity (Wildman–Crippen MR) is 113 cm³/mol. The number of anilines is 2. The Morgan fingerprint density at radius 3 is 2.63 bits per heavy atom. The van der Waals surface area contributed by atoms with Crippen molar-refractivity contribution in [2.75, 3.05) is 23.7 Å². The van der Waals surface area contributed by atoms with Gasteiger partial charge in [0.2, 0.25) is 5.95 Å². The van der Waals surface area contributed by atoms with Crippen molar-refractivity contribution in [3.05, 3.63) is 40.9 Å². The number of phenols is 1. The number of carboxylic acids is 1. The van der Waals surface area contributed by atoms with E-state index in [4.69, 9.17) is 5.11 Å². The zero-order valence-corrected chi connectivity index (χ0v) is 16.5. The second-order valence-corrected chi connectivity index (χ2v) is 7.37. The zero-order valence-electron chi connectivity index (χ0n) is 16.5. The van der Waals surface area contributed by atoms with Crippen LogP contribution in [0.15, 0.2) is 35.6 Å². The zero-order chi connectivity index (χ0) is 21.3. The number of benzene rings is 1. The van der Waals surface area contributed by atoms with Crippen LogP contribution < -0.4 is 16.0 Å². The van der Waals surface area contributed by atoms with E-state index in [0.29, 0.717) is 36.3 Å². The van der Waals surface area contributed by atoms with E-state index in [1.807, 2.05) is 6.07 Å². The van der Waals surface area contributed by atoms with Gasteiger partial charge in [0.25, 0.3) is 0 Å². The van der Waals surface area contributed by atoms with Crippen molar-refractivity contribution in [3.63, 3.8) is 0 Å². The molecular formula is C20H26N6O4. The molecule has 3 rings (SSSR count). The van der Waals surface area contributed by atoms with Crippen LogP contribution in [0.2, 0.25) is 0 Å². The fourth-order valence-corrected chi connectivity index (χ4v) is 3.54. The van der Waals surface area contributed by atoms with Crippen LogP contribution in [-0.2, 0) is 11.3 Å². The third kappa shape index (κ3) is 6.11. The molecule has 1 aliphatic carbocycles. The normalized spacial score (nSPS) is 18.5. The molecule has 1 aromatic heterocycles. The van der Waals surface area contributed by atoms with Crippen molar-refractivity contribution >= 4 is 23.4 Å². The largest absolute Gasteiger partial charge is 0.508 e. The van der Waals surface area contributed by atoms with Gasteiger partial charge in [0.1, 0.15) is 5.75 Å². The Kier molecular flexibility index (Phi) is 7.50. The first-order valence-electron chi connectivity index (χ1n) is 9.95. The molecule has 0 atom stereocenters. The number of hydrogen-bond acceptors (Lipinski definition) is 9. The van der Waals surface area contributed by atoms with Gasteiger partial charge in [-0.25, -0.2) is 4.98 Å². The van der Waals surface area contributed by atoms with Crippen molar-refractivity contribution in [1.29, 1.82) is 0 Å². The van der Waals surface area contributed by atoms with Crippen molar-refractivity contribution in [1.82, 2.24) is 15.3 Å². The minimum Gasteiger partial charge on any atom is -0.508 e. The average molecular weight is 414 g/mol. The van der Waals surface area contributed by atoms with Crippen LogP contribution in [0.4, 0.5) is 17.5 Å². The van der Waals surface area contributed by atoms with Gasteiger partial charge < -0.3 is 26.2 Å². The molecule has 5 N–H and O–H groups in total. The Morgan fingerprint density at radius 2 is 1.93 bits per heavy atom. The summed E-state index contributed by atoms with van der Waals surface area (Å²) < 4.78 is 0. The van der Waals surface area contributed by atoms with Gasteiger partial charge >= 0.3 is 5.97 Å². The number of hydrogen-bond donors (Lipinski definition) is 5. The Hall–Kier alpha value is -3.27. The quantitative estimate of drug-likeness (QED) is 0.370. The Labute approximate surface area is 174 Å². The molecule has 0 spiro atoms. The summed E-state index contributed by atoms with van der Waals surface area (Å²) in [6.07, 6.45) is 5.10. The van der Waals surface area contributed by atoms with Crippen LogP contribution in [-0.4, -0.2) is 45.3 Å². The summed E-state index contributed by atoms with van der Waals surface area (Å²) in [6, 6.07) is 7.21. The number of aliphatic carboxylic acids is 1. The molecule has 1 fully saturated rings. The molecule has 0 bridgehead atoms. The van der Waals surface area contributed by atoms with Gasteiger partial charge in [0.15, 0.2) is 11.5 Å². The highest BCUT2D eigenvalue weighted by Crippen LogP contribution is 2.27. The number of aromatic hydroxyl groups is 1. The highest BCUT2D eigenvalue weighted by molar-refractivity contribution is 5.69. The summed E-state index contributed by atoms with van der Waals surface area (Å²) in [5.74, 6) is 0.437. The molecule has 0 aliphatic heterocycles. The fraction of sp³-hybridized carbons (Fsp3) is 0.450. The van der Waals surface area contributed by atoms with Crippen molar-refractivity contribution in [3.8, 4) is 5.75 Å². The van der Waals surface area contributed by atoms with E-state index in [0.717, 1.165) is 25.7 Å². The molecule has 0 saturated heterocycles. The molecule has 1 heterocycles. The van der Waals surface area contributed by atoms with E-state index in [9.17, 15) is 14.8 Å². The number of nitroso groups, excluding NO2 is 1. The van der Waals surface area contributed by atoms with Gasteiger partial charge in [-0.1, -0.05) is 18.2 Å². The lowest BCUT2D eigenvalue weighted by molar-refractivity contribution is -0.136. The van der Waals surface area contributed by atoms with Crippen LogP contribution in [0.5, 0.6) is 5.75 Å². The number of rotatable bonds is 10. The molecule has 0 radical (unpaired) electrons. The van der Waals surface area contributed by atoms with E-state index in [2.05, 4.69) is 31.1 Å². The van der Waals surface area contributed by atoms with Crippen molar-refractivity contribution < 1.29 is 15.0 Å². The number of nitrogens with zero attached hydrogens (tertiary/aromatic N) is 3. The standard InChI is InChI=1S/C20H26N6O4/c27-17-4-2-1-3-14(17)10-23-20-24-11-16(26-30)19(25-20)22-9-13-5-7-15(8-6-13)21-12-18(28)29/h1-4,11,13,15,21,27H,5-10,12H2,(H,28,29)(H2,22,23,24,25). The molecule has 10 heteroatoms. The lowest BCUT2D eigenvalue weighted by Crippen LogP contribution is -2.37. The maximum atomic E-state index is 11.1. The molecule has 1 saturated carbocycles. The molecule has 2 aromatic rings. The van der Waals surface area contributed by atoms with Crippen LogP contribution in [0, 0.1) is 10.8 Å².